The fourth-order valence-electron chi connectivity index (χ4n) is 2.39. The highest BCUT2D eigenvalue weighted by molar-refractivity contribution is 7.10. The van der Waals surface area contributed by atoms with Crippen LogP contribution in [0.5, 0.6) is 0 Å². The number of hydrogen-bond acceptors (Lipinski definition) is 4. The van der Waals surface area contributed by atoms with Crippen LogP contribution in [0.2, 0.25) is 0 Å². The molecule has 0 atom stereocenters. The number of rotatable bonds is 5. The molecule has 0 amide bonds. The van der Waals surface area contributed by atoms with Crippen LogP contribution >= 0.6 is 11.3 Å². The third-order valence-electron chi connectivity index (χ3n) is 3.40. The normalized spacial score (nSPS) is 21.9. The molecule has 3 nitrogen and oxygen atoms in total. The second kappa shape index (κ2) is 7.06. The SMILES string of the molecule is CN(Cc1sccc1C#CCCO)CC1CC(O)C1. The van der Waals surface area contributed by atoms with Gasteiger partial charge in [0, 0.05) is 30.0 Å². The maximum atomic E-state index is 9.30. The predicted molar refractivity (Wildman–Crippen MR) is 78.0 cm³/mol. The maximum absolute atomic E-state index is 9.30. The number of aliphatic hydroxyl groups excluding tert-OH is 2. The van der Waals surface area contributed by atoms with Crippen molar-refractivity contribution >= 4 is 11.3 Å². The first-order valence-electron chi connectivity index (χ1n) is 6.71. The third-order valence-corrected chi connectivity index (χ3v) is 4.31. The Balaban J connectivity index is 1.85. The highest BCUT2D eigenvalue weighted by atomic mass is 32.1. The van der Waals surface area contributed by atoms with Crippen LogP contribution in [-0.4, -0.2) is 41.4 Å². The second-order valence-corrected chi connectivity index (χ2v) is 6.22. The van der Waals surface area contributed by atoms with Gasteiger partial charge >= 0.3 is 0 Å². The molecule has 1 aromatic heterocycles. The summed E-state index contributed by atoms with van der Waals surface area (Å²) < 4.78 is 0. The van der Waals surface area contributed by atoms with Gasteiger partial charge in [-0.3, -0.25) is 0 Å². The van der Waals surface area contributed by atoms with Gasteiger partial charge in [0.2, 0.25) is 0 Å². The van der Waals surface area contributed by atoms with Gasteiger partial charge in [0.25, 0.3) is 0 Å². The molecule has 0 radical (unpaired) electrons. The van der Waals surface area contributed by atoms with Crippen molar-refractivity contribution in [2.45, 2.75) is 31.9 Å². The zero-order valence-corrected chi connectivity index (χ0v) is 12.1. The highest BCUT2D eigenvalue weighted by Gasteiger charge is 2.27. The van der Waals surface area contributed by atoms with Crippen molar-refractivity contribution in [1.29, 1.82) is 0 Å². The molecule has 1 fully saturated rings. The van der Waals surface area contributed by atoms with E-state index < -0.39 is 0 Å². The largest absolute Gasteiger partial charge is 0.395 e. The number of aliphatic hydroxyl groups is 2. The summed E-state index contributed by atoms with van der Waals surface area (Å²) >= 11 is 1.73. The van der Waals surface area contributed by atoms with Gasteiger partial charge in [0.05, 0.1) is 12.7 Å². The molecule has 1 aliphatic carbocycles. The average Bonchev–Trinajstić information content (AvgIpc) is 2.75. The molecule has 0 saturated heterocycles. The van der Waals surface area contributed by atoms with Gasteiger partial charge in [-0.15, -0.1) is 11.3 Å². The van der Waals surface area contributed by atoms with E-state index in [4.69, 9.17) is 5.11 Å². The molecule has 0 unspecified atom stereocenters. The fourth-order valence-corrected chi connectivity index (χ4v) is 3.30. The summed E-state index contributed by atoms with van der Waals surface area (Å²) in [6.45, 7) is 2.07. The Morgan fingerprint density at radius 2 is 2.26 bits per heavy atom. The Kier molecular flexibility index (Phi) is 5.41. The molecule has 4 heteroatoms. The Bertz CT molecular complexity index is 454. The smallest absolute Gasteiger partial charge is 0.0546 e. The summed E-state index contributed by atoms with van der Waals surface area (Å²) in [6, 6.07) is 2.05. The van der Waals surface area contributed by atoms with Crippen LogP contribution in [0.3, 0.4) is 0 Å². The summed E-state index contributed by atoms with van der Waals surface area (Å²) in [5.74, 6) is 6.74. The standard InChI is InChI=1S/C15H21NO2S/c1-16(10-12-8-14(18)9-12)11-15-13(5-7-19-15)4-2-3-6-17/h5,7,12,14,17-18H,3,6,8-11H2,1H3. The molecule has 19 heavy (non-hydrogen) atoms. The van der Waals surface area contributed by atoms with E-state index in [9.17, 15) is 5.11 Å². The minimum Gasteiger partial charge on any atom is -0.395 e. The summed E-state index contributed by atoms with van der Waals surface area (Å²) in [5.41, 5.74) is 1.08. The Labute approximate surface area is 118 Å². The Morgan fingerprint density at radius 1 is 1.47 bits per heavy atom. The zero-order chi connectivity index (χ0) is 13.7. The van der Waals surface area contributed by atoms with Gasteiger partial charge in [0.15, 0.2) is 0 Å². The second-order valence-electron chi connectivity index (χ2n) is 5.22. The first-order chi connectivity index (χ1) is 9.19. The molecule has 104 valence electrons. The molecule has 1 heterocycles. The quantitative estimate of drug-likeness (QED) is 0.806. The van der Waals surface area contributed by atoms with Crippen LogP contribution in [0.1, 0.15) is 29.7 Å². The van der Waals surface area contributed by atoms with E-state index in [2.05, 4.69) is 29.2 Å². The lowest BCUT2D eigenvalue weighted by Crippen LogP contribution is -2.36. The summed E-state index contributed by atoms with van der Waals surface area (Å²) in [4.78, 5) is 3.59. The summed E-state index contributed by atoms with van der Waals surface area (Å²) in [5, 5.41) is 20.1. The van der Waals surface area contributed by atoms with Crippen molar-refractivity contribution in [1.82, 2.24) is 4.90 Å². The van der Waals surface area contributed by atoms with E-state index in [1.165, 1.54) is 4.88 Å². The fraction of sp³-hybridized carbons (Fsp3) is 0.600. The van der Waals surface area contributed by atoms with Crippen molar-refractivity contribution in [3.63, 3.8) is 0 Å². The highest BCUT2D eigenvalue weighted by Crippen LogP contribution is 2.28. The lowest BCUT2D eigenvalue weighted by Gasteiger charge is -2.34. The minimum atomic E-state index is -0.0694. The molecule has 2 N–H and O–H groups in total. The molecule has 0 aromatic carbocycles. The zero-order valence-electron chi connectivity index (χ0n) is 11.3. The van der Waals surface area contributed by atoms with Gasteiger partial charge in [-0.25, -0.2) is 0 Å². The van der Waals surface area contributed by atoms with Crippen molar-refractivity contribution in [3.8, 4) is 11.8 Å². The Morgan fingerprint density at radius 3 is 2.95 bits per heavy atom. The van der Waals surface area contributed by atoms with Gasteiger partial charge < -0.3 is 15.1 Å². The first-order valence-corrected chi connectivity index (χ1v) is 7.59. The van der Waals surface area contributed by atoms with E-state index in [0.717, 1.165) is 31.5 Å². The van der Waals surface area contributed by atoms with Gasteiger partial charge in [-0.05, 0) is 37.3 Å². The molecule has 0 aliphatic heterocycles. The lowest BCUT2D eigenvalue weighted by molar-refractivity contribution is 0.0275. The molecule has 0 bridgehead atoms. The van der Waals surface area contributed by atoms with Crippen molar-refractivity contribution in [2.75, 3.05) is 20.2 Å². The van der Waals surface area contributed by atoms with Crippen LogP contribution in [-0.2, 0) is 6.54 Å². The maximum Gasteiger partial charge on any atom is 0.0546 e. The van der Waals surface area contributed by atoms with E-state index in [0.29, 0.717) is 12.3 Å². The van der Waals surface area contributed by atoms with Crippen LogP contribution in [0.15, 0.2) is 11.4 Å². The van der Waals surface area contributed by atoms with Crippen LogP contribution in [0, 0.1) is 17.8 Å². The summed E-state index contributed by atoms with van der Waals surface area (Å²) in [7, 11) is 2.12. The molecule has 2 rings (SSSR count). The third kappa shape index (κ3) is 4.32. The van der Waals surface area contributed by atoms with E-state index in [1.807, 2.05) is 6.07 Å². The van der Waals surface area contributed by atoms with Crippen molar-refractivity contribution in [2.24, 2.45) is 5.92 Å². The molecule has 1 aliphatic rings. The van der Waals surface area contributed by atoms with Gasteiger partial charge in [-0.1, -0.05) is 11.8 Å². The molecule has 0 spiro atoms. The lowest BCUT2D eigenvalue weighted by atomic mass is 9.82. The van der Waals surface area contributed by atoms with E-state index in [-0.39, 0.29) is 12.7 Å². The average molecular weight is 279 g/mol. The van der Waals surface area contributed by atoms with Crippen LogP contribution in [0.25, 0.3) is 0 Å². The van der Waals surface area contributed by atoms with Crippen LogP contribution in [0.4, 0.5) is 0 Å². The minimum absolute atomic E-state index is 0.0694. The topological polar surface area (TPSA) is 43.7 Å². The number of thiophene rings is 1. The van der Waals surface area contributed by atoms with Gasteiger partial charge in [0.1, 0.15) is 0 Å². The number of hydrogen-bond donors (Lipinski definition) is 2. The Hall–Kier alpha value is -0.860. The monoisotopic (exact) mass is 279 g/mol. The van der Waals surface area contributed by atoms with Crippen molar-refractivity contribution in [3.05, 3.63) is 21.9 Å². The van der Waals surface area contributed by atoms with Crippen LogP contribution < -0.4 is 0 Å². The predicted octanol–water partition coefficient (Wildman–Crippen LogP) is 1.68. The molecule has 1 saturated carbocycles. The van der Waals surface area contributed by atoms with Crippen molar-refractivity contribution < 1.29 is 10.2 Å². The van der Waals surface area contributed by atoms with E-state index >= 15 is 0 Å². The van der Waals surface area contributed by atoms with E-state index in [1.54, 1.807) is 11.3 Å². The molecular weight excluding hydrogens is 258 g/mol. The molecule has 1 aromatic rings. The summed E-state index contributed by atoms with van der Waals surface area (Å²) in [6.07, 6.45) is 2.35. The first kappa shape index (κ1) is 14.5. The van der Waals surface area contributed by atoms with Gasteiger partial charge in [-0.2, -0.15) is 0 Å². The number of nitrogens with zero attached hydrogens (tertiary/aromatic N) is 1. The molecular formula is C15H21NO2S.